The molecule has 0 fully saturated rings. The Morgan fingerprint density at radius 2 is 2.20 bits per heavy atom. The number of benzene rings is 1. The van der Waals surface area contributed by atoms with E-state index in [1.165, 1.54) is 12.1 Å². The van der Waals surface area contributed by atoms with Crippen LogP contribution in [0.15, 0.2) is 36.5 Å². The minimum atomic E-state index is -0.390. The molecule has 0 amide bonds. The fourth-order valence-electron chi connectivity index (χ4n) is 1.67. The quantitative estimate of drug-likeness (QED) is 0.635. The van der Waals surface area contributed by atoms with Crippen LogP contribution in [0.2, 0.25) is 0 Å². The summed E-state index contributed by atoms with van der Waals surface area (Å²) in [6.45, 7) is 2.24. The molecule has 20 heavy (non-hydrogen) atoms. The number of aryl methyl sites for hydroxylation is 1. The minimum absolute atomic E-state index is 0.208. The molecule has 0 N–H and O–H groups in total. The summed E-state index contributed by atoms with van der Waals surface area (Å²) in [7, 11) is 0. The first-order chi connectivity index (χ1) is 9.69. The number of rotatable bonds is 3. The van der Waals surface area contributed by atoms with Gasteiger partial charge in [0.05, 0.1) is 11.6 Å². The molecule has 0 saturated carbocycles. The highest BCUT2D eigenvalue weighted by molar-refractivity contribution is 6.19. The SMILES string of the molecule is Cc1cccnc1COc1cc(F)cc(C#CCCl)c1. The van der Waals surface area contributed by atoms with E-state index in [0.717, 1.165) is 11.3 Å². The second-order valence-corrected chi connectivity index (χ2v) is 4.43. The third kappa shape index (κ3) is 3.97. The van der Waals surface area contributed by atoms with E-state index in [0.29, 0.717) is 17.9 Å². The van der Waals surface area contributed by atoms with Gasteiger partial charge in [-0.2, -0.15) is 0 Å². The van der Waals surface area contributed by atoms with Gasteiger partial charge in [-0.25, -0.2) is 4.39 Å². The van der Waals surface area contributed by atoms with Gasteiger partial charge < -0.3 is 4.74 Å². The van der Waals surface area contributed by atoms with E-state index in [1.54, 1.807) is 12.3 Å². The number of ether oxygens (including phenoxy) is 1. The van der Waals surface area contributed by atoms with Gasteiger partial charge in [0.25, 0.3) is 0 Å². The van der Waals surface area contributed by atoms with Crippen LogP contribution in [0.1, 0.15) is 16.8 Å². The van der Waals surface area contributed by atoms with Crippen LogP contribution in [0.4, 0.5) is 4.39 Å². The summed E-state index contributed by atoms with van der Waals surface area (Å²) in [4.78, 5) is 4.22. The van der Waals surface area contributed by atoms with Crippen LogP contribution < -0.4 is 4.74 Å². The summed E-state index contributed by atoms with van der Waals surface area (Å²) >= 11 is 5.48. The molecular formula is C16H13ClFNO. The Bertz CT molecular complexity index is 661. The topological polar surface area (TPSA) is 22.1 Å². The third-order valence-corrected chi connectivity index (χ3v) is 2.80. The molecule has 0 spiro atoms. The van der Waals surface area contributed by atoms with Crippen molar-refractivity contribution < 1.29 is 9.13 Å². The summed E-state index contributed by atoms with van der Waals surface area (Å²) in [5, 5.41) is 0. The number of halogens is 2. The number of hydrogen-bond acceptors (Lipinski definition) is 2. The van der Waals surface area contributed by atoms with E-state index in [2.05, 4.69) is 16.8 Å². The van der Waals surface area contributed by atoms with Gasteiger partial charge in [0.1, 0.15) is 18.2 Å². The largest absolute Gasteiger partial charge is 0.487 e. The third-order valence-electron chi connectivity index (χ3n) is 2.66. The van der Waals surface area contributed by atoms with Gasteiger partial charge in [0.2, 0.25) is 0 Å². The summed E-state index contributed by atoms with van der Waals surface area (Å²) in [5.41, 5.74) is 2.40. The lowest BCUT2D eigenvalue weighted by Crippen LogP contribution is -2.01. The Kier molecular flexibility index (Phi) is 4.97. The Labute approximate surface area is 122 Å². The highest BCUT2D eigenvalue weighted by atomic mass is 35.5. The van der Waals surface area contributed by atoms with E-state index >= 15 is 0 Å². The average Bonchev–Trinajstić information content (AvgIpc) is 2.44. The number of aromatic nitrogens is 1. The van der Waals surface area contributed by atoms with E-state index < -0.39 is 0 Å². The lowest BCUT2D eigenvalue weighted by atomic mass is 10.2. The Hall–Kier alpha value is -2.05. The first-order valence-electron chi connectivity index (χ1n) is 6.08. The average molecular weight is 290 g/mol. The van der Waals surface area contributed by atoms with Crippen molar-refractivity contribution in [1.29, 1.82) is 0 Å². The maximum atomic E-state index is 13.5. The van der Waals surface area contributed by atoms with Crippen molar-refractivity contribution in [1.82, 2.24) is 4.98 Å². The van der Waals surface area contributed by atoms with Crippen molar-refractivity contribution in [3.8, 4) is 17.6 Å². The molecule has 0 unspecified atom stereocenters. The first kappa shape index (κ1) is 14.4. The Morgan fingerprint density at radius 1 is 1.35 bits per heavy atom. The second-order valence-electron chi connectivity index (χ2n) is 4.17. The fourth-order valence-corrected chi connectivity index (χ4v) is 1.74. The van der Waals surface area contributed by atoms with Crippen molar-refractivity contribution >= 4 is 11.6 Å². The molecule has 0 saturated heterocycles. The van der Waals surface area contributed by atoms with Crippen LogP contribution in [0, 0.1) is 24.6 Å². The normalized spacial score (nSPS) is 9.75. The lowest BCUT2D eigenvalue weighted by Gasteiger charge is -2.08. The van der Waals surface area contributed by atoms with E-state index in [1.807, 2.05) is 19.1 Å². The fraction of sp³-hybridized carbons (Fsp3) is 0.188. The maximum Gasteiger partial charge on any atom is 0.130 e. The van der Waals surface area contributed by atoms with Gasteiger partial charge in [-0.05, 0) is 30.7 Å². The molecule has 0 aliphatic rings. The molecule has 1 heterocycles. The van der Waals surface area contributed by atoms with Crippen LogP contribution in [0.25, 0.3) is 0 Å². The molecule has 2 nitrogen and oxygen atoms in total. The smallest absolute Gasteiger partial charge is 0.130 e. The van der Waals surface area contributed by atoms with E-state index in [9.17, 15) is 4.39 Å². The molecule has 1 aromatic heterocycles. The standard InChI is InChI=1S/C16H13ClFNO/c1-12-4-3-7-19-16(12)11-20-15-9-13(5-2-6-17)8-14(18)10-15/h3-4,7-10H,6,11H2,1H3. The summed E-state index contributed by atoms with van der Waals surface area (Å²) in [5.74, 6) is 5.69. The van der Waals surface area contributed by atoms with Gasteiger partial charge in [-0.15, -0.1) is 11.6 Å². The predicted octanol–water partition coefficient (Wildman–Crippen LogP) is 3.70. The van der Waals surface area contributed by atoms with Gasteiger partial charge in [0.15, 0.2) is 0 Å². The molecule has 2 aromatic rings. The molecule has 0 radical (unpaired) electrons. The van der Waals surface area contributed by atoms with Gasteiger partial charge >= 0.3 is 0 Å². The second kappa shape index (κ2) is 6.93. The molecule has 0 aliphatic heterocycles. The van der Waals surface area contributed by atoms with Gasteiger partial charge in [-0.3, -0.25) is 4.98 Å². The Morgan fingerprint density at radius 3 is 2.95 bits per heavy atom. The highest BCUT2D eigenvalue weighted by Crippen LogP contribution is 2.17. The molecule has 0 atom stereocenters. The number of alkyl halides is 1. The molecule has 2 rings (SSSR count). The van der Waals surface area contributed by atoms with Crippen molar-refractivity contribution in [3.63, 3.8) is 0 Å². The van der Waals surface area contributed by atoms with Crippen LogP contribution >= 0.6 is 11.6 Å². The molecule has 4 heteroatoms. The summed E-state index contributed by atoms with van der Waals surface area (Å²) in [6.07, 6.45) is 1.70. The van der Waals surface area contributed by atoms with E-state index in [-0.39, 0.29) is 11.7 Å². The predicted molar refractivity (Wildman–Crippen MR) is 77.3 cm³/mol. The number of hydrogen-bond donors (Lipinski definition) is 0. The van der Waals surface area contributed by atoms with Crippen molar-refractivity contribution in [2.24, 2.45) is 0 Å². The molecule has 1 aromatic carbocycles. The number of pyridine rings is 1. The zero-order valence-corrected chi connectivity index (χ0v) is 11.7. The van der Waals surface area contributed by atoms with Gasteiger partial charge in [0, 0.05) is 17.8 Å². The molecule has 0 aliphatic carbocycles. The minimum Gasteiger partial charge on any atom is -0.487 e. The number of nitrogens with zero attached hydrogens (tertiary/aromatic N) is 1. The van der Waals surface area contributed by atoms with Crippen molar-refractivity contribution in [2.75, 3.05) is 5.88 Å². The first-order valence-corrected chi connectivity index (χ1v) is 6.61. The molecular weight excluding hydrogens is 277 g/mol. The van der Waals surface area contributed by atoms with Crippen LogP contribution in [0.5, 0.6) is 5.75 Å². The molecule has 0 bridgehead atoms. The zero-order valence-electron chi connectivity index (χ0n) is 11.0. The summed E-state index contributed by atoms with van der Waals surface area (Å²) < 4.78 is 19.0. The van der Waals surface area contributed by atoms with Crippen LogP contribution in [0.3, 0.4) is 0 Å². The monoisotopic (exact) mass is 289 g/mol. The van der Waals surface area contributed by atoms with Gasteiger partial charge in [-0.1, -0.05) is 17.9 Å². The van der Waals surface area contributed by atoms with Crippen LogP contribution in [-0.2, 0) is 6.61 Å². The lowest BCUT2D eigenvalue weighted by molar-refractivity contribution is 0.299. The Balaban J connectivity index is 2.13. The highest BCUT2D eigenvalue weighted by Gasteiger charge is 2.03. The van der Waals surface area contributed by atoms with E-state index in [4.69, 9.17) is 16.3 Å². The van der Waals surface area contributed by atoms with Crippen LogP contribution in [-0.4, -0.2) is 10.9 Å². The summed E-state index contributed by atoms with van der Waals surface area (Å²) in [6, 6.07) is 8.17. The van der Waals surface area contributed by atoms with Crippen molar-refractivity contribution in [2.45, 2.75) is 13.5 Å². The maximum absolute atomic E-state index is 13.5. The zero-order chi connectivity index (χ0) is 14.4. The molecule has 102 valence electrons. The van der Waals surface area contributed by atoms with Crippen molar-refractivity contribution in [3.05, 3.63) is 59.2 Å².